The summed E-state index contributed by atoms with van der Waals surface area (Å²) < 4.78 is 4.43. The first-order valence-electron chi connectivity index (χ1n) is 3.30. The minimum Gasteiger partial charge on any atom is -0.393 e. The van der Waals surface area contributed by atoms with Crippen LogP contribution in [0.15, 0.2) is 0 Å². The number of nitrogens with two attached hydrogens (primary N) is 1. The third kappa shape index (κ3) is 5.40. The topological polar surface area (TPSA) is 55.6 Å². The third-order valence-electron chi connectivity index (χ3n) is 1.27. The molecule has 11 heavy (non-hydrogen) atoms. The van der Waals surface area contributed by atoms with Crippen molar-refractivity contribution < 1.29 is 7.86 Å². The second-order valence-corrected chi connectivity index (χ2v) is 3.04. The molecule has 0 aliphatic heterocycles. The molecule has 4 nitrogen and oxygen atoms in total. The van der Waals surface area contributed by atoms with Crippen molar-refractivity contribution in [3.63, 3.8) is 0 Å². The Labute approximate surface area is 80.8 Å². The van der Waals surface area contributed by atoms with Crippen molar-refractivity contribution in [2.75, 3.05) is 20.6 Å². The minimum atomic E-state index is -0.491. The quantitative estimate of drug-likeness (QED) is 0.741. The number of hydrogen-bond acceptors (Lipinski definition) is 4. The third-order valence-corrected chi connectivity index (χ3v) is 1.70. The highest BCUT2D eigenvalue weighted by molar-refractivity contribution is 14.1. The van der Waals surface area contributed by atoms with Gasteiger partial charge in [-0.25, -0.2) is 4.79 Å². The lowest BCUT2D eigenvalue weighted by Crippen LogP contribution is -2.33. The predicted octanol–water partition coefficient (Wildman–Crippen LogP) is 0.159. The summed E-state index contributed by atoms with van der Waals surface area (Å²) in [5, 5.41) is 0. The molecule has 0 heterocycles. The van der Waals surface area contributed by atoms with Gasteiger partial charge in [-0.1, -0.05) is 0 Å². The van der Waals surface area contributed by atoms with E-state index >= 15 is 0 Å². The second kappa shape index (κ2) is 5.73. The van der Waals surface area contributed by atoms with Gasteiger partial charge in [-0.3, -0.25) is 0 Å². The van der Waals surface area contributed by atoms with Gasteiger partial charge in [-0.05, 0) is 27.1 Å². The van der Waals surface area contributed by atoms with Crippen LogP contribution in [-0.2, 0) is 7.86 Å². The predicted molar refractivity (Wildman–Crippen MR) is 51.3 cm³/mol. The zero-order chi connectivity index (χ0) is 8.85. The van der Waals surface area contributed by atoms with Gasteiger partial charge in [0.1, 0.15) is 6.04 Å². The molecule has 0 bridgehead atoms. The Morgan fingerprint density at radius 1 is 1.73 bits per heavy atom. The summed E-state index contributed by atoms with van der Waals surface area (Å²) in [4.78, 5) is 12.7. The van der Waals surface area contributed by atoms with Gasteiger partial charge in [-0.2, -0.15) is 0 Å². The average Bonchev–Trinajstić information content (AvgIpc) is 1.98. The number of halogens is 1. The normalized spacial score (nSPS) is 13.2. The maximum absolute atomic E-state index is 10.8. The van der Waals surface area contributed by atoms with Crippen molar-refractivity contribution in [2.24, 2.45) is 5.73 Å². The molecule has 0 amide bonds. The molecule has 0 aromatic heterocycles. The fourth-order valence-electron chi connectivity index (χ4n) is 0.572. The maximum Gasteiger partial charge on any atom is 0.332 e. The van der Waals surface area contributed by atoms with Crippen LogP contribution in [0.25, 0.3) is 0 Å². The lowest BCUT2D eigenvalue weighted by molar-refractivity contribution is -0.132. The largest absolute Gasteiger partial charge is 0.393 e. The molecule has 1 unspecified atom stereocenters. The van der Waals surface area contributed by atoms with E-state index in [-0.39, 0.29) is 5.97 Å². The van der Waals surface area contributed by atoms with E-state index in [2.05, 4.69) is 3.07 Å². The van der Waals surface area contributed by atoms with E-state index in [1.807, 2.05) is 19.0 Å². The monoisotopic (exact) mass is 272 g/mol. The Morgan fingerprint density at radius 2 is 2.27 bits per heavy atom. The second-order valence-electron chi connectivity index (χ2n) is 2.59. The van der Waals surface area contributed by atoms with Crippen LogP contribution in [0, 0.1) is 0 Å². The average molecular weight is 272 g/mol. The highest BCUT2D eigenvalue weighted by Gasteiger charge is 2.13. The molecule has 0 saturated heterocycles. The minimum absolute atomic E-state index is 0.354. The van der Waals surface area contributed by atoms with E-state index in [0.717, 1.165) is 6.54 Å². The van der Waals surface area contributed by atoms with Crippen LogP contribution in [-0.4, -0.2) is 37.6 Å². The Morgan fingerprint density at radius 3 is 2.64 bits per heavy atom. The zero-order valence-electron chi connectivity index (χ0n) is 6.71. The van der Waals surface area contributed by atoms with Crippen LogP contribution in [0.4, 0.5) is 0 Å². The first-order valence-corrected chi connectivity index (χ1v) is 4.18. The molecule has 66 valence electrons. The Balaban J connectivity index is 3.52. The number of hydrogen-bond donors (Lipinski definition) is 1. The van der Waals surface area contributed by atoms with E-state index in [9.17, 15) is 4.79 Å². The Bertz CT molecular complexity index is 130. The first-order chi connectivity index (χ1) is 5.07. The molecule has 0 aliphatic rings. The van der Waals surface area contributed by atoms with Crippen molar-refractivity contribution in [3.05, 3.63) is 0 Å². The SMILES string of the molecule is CN(C)CCC(N)C(=O)OI. The standard InChI is InChI=1S/C6H13IN2O2/c1-9(2)4-3-5(8)6(10)11-7/h5H,3-4,8H2,1-2H3. The summed E-state index contributed by atoms with van der Waals surface area (Å²) >= 11 is 1.54. The molecule has 0 radical (unpaired) electrons. The van der Waals surface area contributed by atoms with Crippen LogP contribution in [0.2, 0.25) is 0 Å². The Kier molecular flexibility index (Phi) is 5.79. The number of carbonyl (C=O) groups excluding carboxylic acids is 1. The van der Waals surface area contributed by atoms with Crippen molar-refractivity contribution >= 4 is 29.0 Å². The maximum atomic E-state index is 10.8. The van der Waals surface area contributed by atoms with Gasteiger partial charge in [-0.15, -0.1) is 0 Å². The van der Waals surface area contributed by atoms with Crippen LogP contribution in [0.1, 0.15) is 6.42 Å². The lowest BCUT2D eigenvalue weighted by atomic mass is 10.2. The molecule has 1 atom stereocenters. The summed E-state index contributed by atoms with van der Waals surface area (Å²) in [5.74, 6) is -0.354. The van der Waals surface area contributed by atoms with E-state index in [1.165, 1.54) is 0 Å². The van der Waals surface area contributed by atoms with E-state index in [4.69, 9.17) is 5.73 Å². The van der Waals surface area contributed by atoms with Crippen molar-refractivity contribution in [2.45, 2.75) is 12.5 Å². The first kappa shape index (κ1) is 11.1. The zero-order valence-corrected chi connectivity index (χ0v) is 8.87. The van der Waals surface area contributed by atoms with E-state index in [0.29, 0.717) is 6.42 Å². The molecule has 0 rings (SSSR count). The van der Waals surface area contributed by atoms with Crippen LogP contribution in [0.5, 0.6) is 0 Å². The highest BCUT2D eigenvalue weighted by atomic mass is 127. The van der Waals surface area contributed by atoms with Gasteiger partial charge in [0.05, 0.1) is 0 Å². The summed E-state index contributed by atoms with van der Waals surface area (Å²) in [6.45, 7) is 0.799. The highest BCUT2D eigenvalue weighted by Crippen LogP contribution is 1.96. The molecule has 0 saturated carbocycles. The van der Waals surface area contributed by atoms with Crippen molar-refractivity contribution in [3.8, 4) is 0 Å². The van der Waals surface area contributed by atoms with Crippen molar-refractivity contribution in [1.29, 1.82) is 0 Å². The van der Waals surface area contributed by atoms with Gasteiger partial charge in [0.2, 0.25) is 0 Å². The molecule has 0 fully saturated rings. The smallest absolute Gasteiger partial charge is 0.332 e. The molecule has 0 aliphatic carbocycles. The molecular formula is C6H13IN2O2. The number of nitrogens with zero attached hydrogens (tertiary/aromatic N) is 1. The van der Waals surface area contributed by atoms with Gasteiger partial charge in [0, 0.05) is 0 Å². The van der Waals surface area contributed by atoms with Gasteiger partial charge in [0.15, 0.2) is 23.0 Å². The van der Waals surface area contributed by atoms with Crippen LogP contribution < -0.4 is 5.73 Å². The van der Waals surface area contributed by atoms with Crippen LogP contribution >= 0.6 is 23.0 Å². The molecular weight excluding hydrogens is 259 g/mol. The molecule has 5 heteroatoms. The summed E-state index contributed by atoms with van der Waals surface area (Å²) in [7, 11) is 3.87. The van der Waals surface area contributed by atoms with Crippen molar-refractivity contribution in [1.82, 2.24) is 4.90 Å². The molecule has 0 spiro atoms. The number of rotatable bonds is 4. The molecule has 0 aromatic rings. The molecule has 2 N–H and O–H groups in total. The van der Waals surface area contributed by atoms with Gasteiger partial charge < -0.3 is 13.7 Å². The summed E-state index contributed by atoms with van der Waals surface area (Å²) in [6, 6.07) is -0.491. The van der Waals surface area contributed by atoms with E-state index in [1.54, 1.807) is 23.0 Å². The summed E-state index contributed by atoms with van der Waals surface area (Å²) in [6.07, 6.45) is 0.634. The van der Waals surface area contributed by atoms with Gasteiger partial charge in [0.25, 0.3) is 0 Å². The van der Waals surface area contributed by atoms with E-state index < -0.39 is 6.04 Å². The van der Waals surface area contributed by atoms with Gasteiger partial charge >= 0.3 is 5.97 Å². The Hall–Kier alpha value is 0.120. The summed E-state index contributed by atoms with van der Waals surface area (Å²) in [5.41, 5.74) is 5.47. The lowest BCUT2D eigenvalue weighted by Gasteiger charge is -2.12. The van der Waals surface area contributed by atoms with Crippen LogP contribution in [0.3, 0.4) is 0 Å². The fraction of sp³-hybridized carbons (Fsp3) is 0.833. The fourth-order valence-corrected chi connectivity index (χ4v) is 0.899. The molecule has 0 aromatic carbocycles. The number of carbonyl (C=O) groups is 1.